The standard InChI is InChI=1S/C22H23FN4O5/c1-21(2,3)32-20(30)25-22(4,11-13-8-6-5-7-9-13)19-27-26-17(31-19)14-10-16(18(28)29)24-12-15(14)23/h5-10,12H,11H2,1-4H3,(H,25,30)(H,28,29)/t22-/m1/s1. The van der Waals surface area contributed by atoms with Crippen molar-refractivity contribution in [1.82, 2.24) is 20.5 Å². The van der Waals surface area contributed by atoms with E-state index in [4.69, 9.17) is 14.3 Å². The lowest BCUT2D eigenvalue weighted by molar-refractivity contribution is 0.0443. The largest absolute Gasteiger partial charge is 0.477 e. The molecule has 1 aromatic carbocycles. The molecule has 2 aromatic heterocycles. The fourth-order valence-electron chi connectivity index (χ4n) is 2.98. The van der Waals surface area contributed by atoms with Crippen LogP contribution in [-0.4, -0.2) is 38.0 Å². The maximum atomic E-state index is 14.3. The molecule has 0 fully saturated rings. The molecule has 0 saturated carbocycles. The highest BCUT2D eigenvalue weighted by Gasteiger charge is 2.37. The van der Waals surface area contributed by atoms with Gasteiger partial charge in [-0.25, -0.2) is 19.0 Å². The number of alkyl carbamates (subject to hydrolysis) is 1. The van der Waals surface area contributed by atoms with Crippen LogP contribution in [0.4, 0.5) is 9.18 Å². The molecule has 1 atom stereocenters. The topological polar surface area (TPSA) is 127 Å². The summed E-state index contributed by atoms with van der Waals surface area (Å²) in [5.74, 6) is -2.40. The lowest BCUT2D eigenvalue weighted by Gasteiger charge is -2.29. The van der Waals surface area contributed by atoms with E-state index in [1.165, 1.54) is 0 Å². The molecule has 9 nitrogen and oxygen atoms in total. The molecule has 1 amide bonds. The predicted octanol–water partition coefficient (Wildman–Crippen LogP) is 3.95. The second-order valence-corrected chi connectivity index (χ2v) is 8.39. The number of aromatic carboxylic acids is 1. The molecular formula is C22H23FN4O5. The summed E-state index contributed by atoms with van der Waals surface area (Å²) in [5.41, 5.74) is -1.65. The molecule has 0 unspecified atom stereocenters. The zero-order valence-corrected chi connectivity index (χ0v) is 18.0. The molecule has 10 heteroatoms. The van der Waals surface area contributed by atoms with E-state index in [2.05, 4.69) is 20.5 Å². The van der Waals surface area contributed by atoms with Gasteiger partial charge in [0.05, 0.1) is 11.8 Å². The zero-order valence-electron chi connectivity index (χ0n) is 18.0. The van der Waals surface area contributed by atoms with Gasteiger partial charge in [-0.05, 0) is 39.3 Å². The van der Waals surface area contributed by atoms with Crippen LogP contribution in [0, 0.1) is 5.82 Å². The van der Waals surface area contributed by atoms with Crippen LogP contribution in [0.1, 0.15) is 49.6 Å². The van der Waals surface area contributed by atoms with E-state index in [-0.39, 0.29) is 29.5 Å². The van der Waals surface area contributed by atoms with Gasteiger partial charge >= 0.3 is 12.1 Å². The molecule has 0 bridgehead atoms. The van der Waals surface area contributed by atoms with Gasteiger partial charge in [-0.3, -0.25) is 0 Å². The highest BCUT2D eigenvalue weighted by Crippen LogP contribution is 2.29. The van der Waals surface area contributed by atoms with E-state index in [1.807, 2.05) is 30.3 Å². The van der Waals surface area contributed by atoms with E-state index in [9.17, 15) is 14.0 Å². The second-order valence-electron chi connectivity index (χ2n) is 8.39. The molecule has 3 aromatic rings. The van der Waals surface area contributed by atoms with E-state index in [0.29, 0.717) is 0 Å². The third kappa shape index (κ3) is 5.45. The highest BCUT2D eigenvalue weighted by atomic mass is 19.1. The van der Waals surface area contributed by atoms with Crippen LogP contribution in [0.5, 0.6) is 0 Å². The van der Waals surface area contributed by atoms with Crippen molar-refractivity contribution >= 4 is 12.1 Å². The van der Waals surface area contributed by atoms with Crippen LogP contribution in [0.15, 0.2) is 47.0 Å². The fourth-order valence-corrected chi connectivity index (χ4v) is 2.98. The van der Waals surface area contributed by atoms with Crippen LogP contribution in [0.3, 0.4) is 0 Å². The third-order valence-electron chi connectivity index (χ3n) is 4.38. The molecule has 168 valence electrons. The summed E-state index contributed by atoms with van der Waals surface area (Å²) in [4.78, 5) is 27.2. The first-order valence-electron chi connectivity index (χ1n) is 9.75. The predicted molar refractivity (Wildman–Crippen MR) is 111 cm³/mol. The number of ether oxygens (including phenoxy) is 1. The average molecular weight is 442 g/mol. The van der Waals surface area contributed by atoms with Crippen LogP contribution < -0.4 is 5.32 Å². The van der Waals surface area contributed by atoms with Gasteiger partial charge in [0.25, 0.3) is 5.89 Å². The summed E-state index contributed by atoms with van der Waals surface area (Å²) < 4.78 is 25.4. The number of nitrogens with zero attached hydrogens (tertiary/aromatic N) is 3. The van der Waals surface area contributed by atoms with Gasteiger partial charge in [-0.2, -0.15) is 0 Å². The number of rotatable bonds is 6. The molecule has 0 spiro atoms. The third-order valence-corrected chi connectivity index (χ3v) is 4.38. The Morgan fingerprint density at radius 1 is 1.16 bits per heavy atom. The van der Waals surface area contributed by atoms with E-state index in [1.54, 1.807) is 27.7 Å². The van der Waals surface area contributed by atoms with E-state index >= 15 is 0 Å². The minimum atomic E-state index is -1.33. The van der Waals surface area contributed by atoms with Crippen molar-refractivity contribution in [2.75, 3.05) is 0 Å². The first kappa shape index (κ1) is 22.9. The molecule has 2 N–H and O–H groups in total. The normalized spacial score (nSPS) is 13.3. The van der Waals surface area contributed by atoms with Gasteiger partial charge in [0, 0.05) is 6.42 Å². The lowest BCUT2D eigenvalue weighted by atomic mass is 9.92. The molecule has 32 heavy (non-hydrogen) atoms. The monoisotopic (exact) mass is 442 g/mol. The number of carbonyl (C=O) groups is 2. The van der Waals surface area contributed by atoms with Crippen molar-refractivity contribution in [2.45, 2.75) is 45.3 Å². The van der Waals surface area contributed by atoms with Crippen molar-refractivity contribution in [3.8, 4) is 11.5 Å². The maximum Gasteiger partial charge on any atom is 0.408 e. The van der Waals surface area contributed by atoms with Crippen molar-refractivity contribution in [2.24, 2.45) is 0 Å². The molecule has 0 radical (unpaired) electrons. The Morgan fingerprint density at radius 3 is 2.47 bits per heavy atom. The summed E-state index contributed by atoms with van der Waals surface area (Å²) in [5, 5.41) is 19.8. The summed E-state index contributed by atoms with van der Waals surface area (Å²) in [6.07, 6.45) is 0.345. The van der Waals surface area contributed by atoms with Gasteiger partial charge in [0.2, 0.25) is 5.89 Å². The van der Waals surface area contributed by atoms with Crippen LogP contribution in [0.2, 0.25) is 0 Å². The molecule has 0 saturated heterocycles. The van der Waals surface area contributed by atoms with Gasteiger partial charge < -0.3 is 19.6 Å². The molecule has 0 aliphatic heterocycles. The number of benzene rings is 1. The SMILES string of the molecule is CC(C)(C)OC(=O)N[C@](C)(Cc1ccccc1)c1nnc(-c2cc(C(=O)O)ncc2F)o1. The van der Waals surface area contributed by atoms with Gasteiger partial charge in [0.15, 0.2) is 5.82 Å². The van der Waals surface area contributed by atoms with E-state index in [0.717, 1.165) is 17.8 Å². The Morgan fingerprint density at radius 2 is 1.84 bits per heavy atom. The number of hydrogen-bond donors (Lipinski definition) is 2. The number of carbonyl (C=O) groups excluding carboxylic acids is 1. The average Bonchev–Trinajstić information content (AvgIpc) is 3.18. The maximum absolute atomic E-state index is 14.3. The van der Waals surface area contributed by atoms with Crippen LogP contribution in [-0.2, 0) is 16.7 Å². The van der Waals surface area contributed by atoms with Gasteiger partial charge in [0.1, 0.15) is 16.8 Å². The first-order valence-corrected chi connectivity index (χ1v) is 9.75. The number of halogens is 1. The van der Waals surface area contributed by atoms with Crippen molar-refractivity contribution in [1.29, 1.82) is 0 Å². The van der Waals surface area contributed by atoms with Crippen LogP contribution >= 0.6 is 0 Å². The Kier molecular flexibility index (Phi) is 6.24. The van der Waals surface area contributed by atoms with Crippen LogP contribution in [0.25, 0.3) is 11.5 Å². The molecular weight excluding hydrogens is 419 g/mol. The molecule has 2 heterocycles. The van der Waals surface area contributed by atoms with Crippen molar-refractivity contribution in [3.05, 3.63) is 65.6 Å². The summed E-state index contributed by atoms with van der Waals surface area (Å²) in [7, 11) is 0. The molecule has 0 aliphatic carbocycles. The number of amides is 1. The first-order chi connectivity index (χ1) is 15.0. The quantitative estimate of drug-likeness (QED) is 0.587. The highest BCUT2D eigenvalue weighted by molar-refractivity contribution is 5.86. The second kappa shape index (κ2) is 8.74. The smallest absolute Gasteiger partial charge is 0.408 e. The Hall–Kier alpha value is -3.82. The number of hydrogen-bond acceptors (Lipinski definition) is 7. The Balaban J connectivity index is 1.99. The number of nitrogens with one attached hydrogen (secondary N) is 1. The number of pyridine rings is 1. The fraction of sp³-hybridized carbons (Fsp3) is 0.318. The lowest BCUT2D eigenvalue weighted by Crippen LogP contribution is -2.47. The Labute approximate surface area is 183 Å². The van der Waals surface area contributed by atoms with Crippen molar-refractivity contribution in [3.63, 3.8) is 0 Å². The minimum absolute atomic E-state index is 0.00435. The zero-order chi connectivity index (χ0) is 23.5. The summed E-state index contributed by atoms with van der Waals surface area (Å²) in [6.45, 7) is 6.88. The van der Waals surface area contributed by atoms with Gasteiger partial charge in [-0.1, -0.05) is 30.3 Å². The minimum Gasteiger partial charge on any atom is -0.477 e. The molecule has 0 aliphatic rings. The van der Waals surface area contributed by atoms with Gasteiger partial charge in [-0.15, -0.1) is 10.2 Å². The number of carboxylic acids is 1. The number of carboxylic acid groups (broad SMARTS) is 1. The Bertz CT molecular complexity index is 1130. The summed E-state index contributed by atoms with van der Waals surface area (Å²) in [6, 6.07) is 10.3. The van der Waals surface area contributed by atoms with Crippen molar-refractivity contribution < 1.29 is 28.2 Å². The number of aromatic nitrogens is 3. The summed E-state index contributed by atoms with van der Waals surface area (Å²) >= 11 is 0. The molecule has 3 rings (SSSR count). The van der Waals surface area contributed by atoms with E-state index < -0.39 is 29.0 Å².